The molecule has 0 amide bonds. The molecule has 0 radical (unpaired) electrons. The fourth-order valence-electron chi connectivity index (χ4n) is 2.50. The van der Waals surface area contributed by atoms with Crippen molar-refractivity contribution in [2.75, 3.05) is 0 Å². The van der Waals surface area contributed by atoms with Gasteiger partial charge in [-0.2, -0.15) is 0 Å². The first kappa shape index (κ1) is 14.0. The smallest absolute Gasteiger partial charge is 0.173 e. The van der Waals surface area contributed by atoms with E-state index < -0.39 is 0 Å². The molecule has 0 atom stereocenters. The highest BCUT2D eigenvalue weighted by Crippen LogP contribution is 2.29. The molecule has 4 rings (SSSR count). The Morgan fingerprint density at radius 1 is 0.913 bits per heavy atom. The van der Waals surface area contributed by atoms with E-state index in [0.29, 0.717) is 0 Å². The summed E-state index contributed by atoms with van der Waals surface area (Å²) in [7, 11) is 0. The first-order chi connectivity index (χ1) is 11.3. The molecule has 23 heavy (non-hydrogen) atoms. The highest BCUT2D eigenvalue weighted by Gasteiger charge is 2.08. The van der Waals surface area contributed by atoms with Crippen LogP contribution in [-0.2, 0) is 6.54 Å². The number of para-hydroxylation sites is 1. The maximum absolute atomic E-state index is 12.9. The van der Waals surface area contributed by atoms with Crippen LogP contribution in [0.25, 0.3) is 20.8 Å². The Morgan fingerprint density at radius 3 is 2.39 bits per heavy atom. The van der Waals surface area contributed by atoms with Crippen LogP contribution in [0.4, 0.5) is 4.39 Å². The summed E-state index contributed by atoms with van der Waals surface area (Å²) in [6.07, 6.45) is 4.06. The topological polar surface area (TPSA) is 16.8 Å². The summed E-state index contributed by atoms with van der Waals surface area (Å²) >= 11 is 1.70. The molecule has 2 aromatic heterocycles. The predicted molar refractivity (Wildman–Crippen MR) is 90.8 cm³/mol. The molecule has 4 aromatic rings. The summed E-state index contributed by atoms with van der Waals surface area (Å²) in [5.41, 5.74) is 3.22. The van der Waals surface area contributed by atoms with Crippen molar-refractivity contribution in [3.05, 3.63) is 84.4 Å². The Morgan fingerprint density at radius 2 is 1.65 bits per heavy atom. The average Bonchev–Trinajstić information content (AvgIpc) is 3.02. The van der Waals surface area contributed by atoms with Gasteiger partial charge >= 0.3 is 0 Å². The molecule has 2 aromatic carbocycles. The van der Waals surface area contributed by atoms with Crippen molar-refractivity contribution in [3.8, 4) is 10.6 Å². The van der Waals surface area contributed by atoms with E-state index in [9.17, 15) is 4.39 Å². The van der Waals surface area contributed by atoms with Crippen molar-refractivity contribution in [2.45, 2.75) is 6.54 Å². The maximum Gasteiger partial charge on any atom is 0.173 e. The number of fused-ring (bicyclic) bond motifs is 1. The first-order valence-electron chi connectivity index (χ1n) is 7.37. The van der Waals surface area contributed by atoms with Gasteiger partial charge in [-0.3, -0.25) is 0 Å². The number of hydrogen-bond donors (Lipinski definition) is 0. The largest absolute Gasteiger partial charge is 0.236 e. The van der Waals surface area contributed by atoms with E-state index in [-0.39, 0.29) is 5.82 Å². The lowest BCUT2D eigenvalue weighted by Gasteiger charge is -1.99. The third-order valence-electron chi connectivity index (χ3n) is 3.71. The Labute approximate surface area is 137 Å². The Kier molecular flexibility index (Phi) is 3.60. The minimum Gasteiger partial charge on any atom is -0.236 e. The van der Waals surface area contributed by atoms with E-state index in [0.717, 1.165) is 28.2 Å². The summed E-state index contributed by atoms with van der Waals surface area (Å²) in [5.74, 6) is -0.204. The lowest BCUT2D eigenvalue weighted by Crippen LogP contribution is -2.32. The molecular formula is C19H14FN2S+. The number of rotatable bonds is 3. The predicted octanol–water partition coefficient (Wildman–Crippen LogP) is 4.44. The second kappa shape index (κ2) is 5.89. The summed E-state index contributed by atoms with van der Waals surface area (Å²) in [6.45, 7) is 0.723. The molecule has 2 heterocycles. The van der Waals surface area contributed by atoms with Crippen molar-refractivity contribution in [2.24, 2.45) is 0 Å². The number of thiazole rings is 1. The molecule has 2 nitrogen and oxygen atoms in total. The van der Waals surface area contributed by atoms with Crippen LogP contribution in [0.3, 0.4) is 0 Å². The van der Waals surface area contributed by atoms with Gasteiger partial charge in [0.2, 0.25) is 0 Å². The monoisotopic (exact) mass is 321 g/mol. The Bertz CT molecular complexity index is 910. The third kappa shape index (κ3) is 2.98. The van der Waals surface area contributed by atoms with Crippen molar-refractivity contribution in [1.82, 2.24) is 4.98 Å². The SMILES string of the molecule is Fc1ccc(C[n+]2ccc(-c3nc4ccccc4s3)cc2)cc1. The van der Waals surface area contributed by atoms with Crippen molar-refractivity contribution in [3.63, 3.8) is 0 Å². The quantitative estimate of drug-likeness (QED) is 0.510. The van der Waals surface area contributed by atoms with E-state index >= 15 is 0 Å². The lowest BCUT2D eigenvalue weighted by atomic mass is 10.2. The Balaban J connectivity index is 1.58. The van der Waals surface area contributed by atoms with Crippen molar-refractivity contribution in [1.29, 1.82) is 0 Å². The van der Waals surface area contributed by atoms with Gasteiger partial charge in [0.25, 0.3) is 0 Å². The van der Waals surface area contributed by atoms with Crippen LogP contribution in [0.5, 0.6) is 0 Å². The number of halogens is 1. The minimum absolute atomic E-state index is 0.204. The molecule has 0 bridgehead atoms. The standard InChI is InChI=1S/C19H14FN2S/c20-16-7-5-14(6-8-16)13-22-11-9-15(10-12-22)19-21-17-3-1-2-4-18(17)23-19/h1-12H,13H2/q+1. The summed E-state index contributed by atoms with van der Waals surface area (Å²) < 4.78 is 16.2. The zero-order valence-corrected chi connectivity index (χ0v) is 13.1. The van der Waals surface area contributed by atoms with Gasteiger partial charge in [0.15, 0.2) is 18.9 Å². The molecule has 0 unspecified atom stereocenters. The van der Waals surface area contributed by atoms with Crippen LogP contribution >= 0.6 is 11.3 Å². The zero-order valence-electron chi connectivity index (χ0n) is 12.3. The second-order valence-electron chi connectivity index (χ2n) is 5.37. The van der Waals surface area contributed by atoms with E-state index in [2.05, 4.69) is 27.8 Å². The zero-order chi connectivity index (χ0) is 15.6. The van der Waals surface area contributed by atoms with Gasteiger partial charge in [0, 0.05) is 23.3 Å². The molecule has 0 aliphatic rings. The molecule has 0 spiro atoms. The fraction of sp³-hybridized carbons (Fsp3) is 0.0526. The highest BCUT2D eigenvalue weighted by atomic mass is 32.1. The van der Waals surface area contributed by atoms with Gasteiger partial charge in [0.1, 0.15) is 10.8 Å². The Hall–Kier alpha value is -2.59. The van der Waals surface area contributed by atoms with Crippen LogP contribution in [0.15, 0.2) is 73.1 Å². The average molecular weight is 321 g/mol. The second-order valence-corrected chi connectivity index (χ2v) is 6.40. The van der Waals surface area contributed by atoms with E-state index in [1.54, 1.807) is 11.3 Å². The van der Waals surface area contributed by atoms with E-state index in [4.69, 9.17) is 0 Å². The molecule has 4 heteroatoms. The van der Waals surface area contributed by atoms with E-state index in [1.807, 2.05) is 42.7 Å². The normalized spacial score (nSPS) is 11.0. The van der Waals surface area contributed by atoms with Crippen LogP contribution in [0, 0.1) is 5.82 Å². The summed E-state index contributed by atoms with van der Waals surface area (Å²) in [6, 6.07) is 18.9. The van der Waals surface area contributed by atoms with Crippen LogP contribution in [0.2, 0.25) is 0 Å². The first-order valence-corrected chi connectivity index (χ1v) is 8.19. The van der Waals surface area contributed by atoms with Gasteiger partial charge < -0.3 is 0 Å². The number of hydrogen-bond acceptors (Lipinski definition) is 2. The van der Waals surface area contributed by atoms with Crippen LogP contribution in [0.1, 0.15) is 5.56 Å². The molecule has 0 fully saturated rings. The van der Waals surface area contributed by atoms with Crippen molar-refractivity contribution < 1.29 is 8.96 Å². The van der Waals surface area contributed by atoms with Gasteiger partial charge in [-0.25, -0.2) is 13.9 Å². The van der Waals surface area contributed by atoms with E-state index in [1.165, 1.54) is 16.8 Å². The fourth-order valence-corrected chi connectivity index (χ4v) is 3.47. The minimum atomic E-state index is -0.204. The molecule has 0 aliphatic heterocycles. The van der Waals surface area contributed by atoms with Gasteiger partial charge in [0.05, 0.1) is 10.2 Å². The lowest BCUT2D eigenvalue weighted by molar-refractivity contribution is -0.688. The number of benzene rings is 2. The summed E-state index contributed by atoms with van der Waals surface area (Å²) in [5, 5.41) is 1.03. The molecule has 0 saturated heterocycles. The maximum atomic E-state index is 12.9. The van der Waals surface area contributed by atoms with Gasteiger partial charge in [-0.15, -0.1) is 11.3 Å². The molecule has 112 valence electrons. The number of pyridine rings is 1. The molecular weight excluding hydrogens is 307 g/mol. The van der Waals surface area contributed by atoms with Crippen molar-refractivity contribution >= 4 is 21.6 Å². The molecule has 0 saturated carbocycles. The molecule has 0 aliphatic carbocycles. The van der Waals surface area contributed by atoms with Gasteiger partial charge in [-0.05, 0) is 36.4 Å². The molecule has 0 N–H and O–H groups in total. The number of nitrogens with zero attached hydrogens (tertiary/aromatic N) is 2. The van der Waals surface area contributed by atoms with Crippen LogP contribution in [-0.4, -0.2) is 4.98 Å². The number of aromatic nitrogens is 2. The highest BCUT2D eigenvalue weighted by molar-refractivity contribution is 7.21. The summed E-state index contributed by atoms with van der Waals surface area (Å²) in [4.78, 5) is 4.67. The third-order valence-corrected chi connectivity index (χ3v) is 4.80. The van der Waals surface area contributed by atoms with Crippen LogP contribution < -0.4 is 4.57 Å². The van der Waals surface area contributed by atoms with Gasteiger partial charge in [-0.1, -0.05) is 12.1 Å².